The maximum absolute atomic E-state index is 12.8. The van der Waals surface area contributed by atoms with Crippen LogP contribution in [0.4, 0.5) is 13.2 Å². The van der Waals surface area contributed by atoms with Crippen LogP contribution in [0.15, 0.2) is 41.2 Å². The largest absolute Gasteiger partial charge is 0.416 e. The maximum Gasteiger partial charge on any atom is 0.416 e. The predicted octanol–water partition coefficient (Wildman–Crippen LogP) is 6.12. The van der Waals surface area contributed by atoms with Gasteiger partial charge in [0.2, 0.25) is 0 Å². The molecule has 1 fully saturated rings. The molecule has 174 valence electrons. The van der Waals surface area contributed by atoms with Crippen molar-refractivity contribution in [1.29, 1.82) is 0 Å². The van der Waals surface area contributed by atoms with Crippen LogP contribution in [-0.2, 0) is 25.7 Å². The summed E-state index contributed by atoms with van der Waals surface area (Å²) in [5, 5.41) is 0. The van der Waals surface area contributed by atoms with Crippen LogP contribution in [0, 0.1) is 0 Å². The Hall–Kier alpha value is -2.45. The number of halogens is 3. The van der Waals surface area contributed by atoms with Crippen molar-refractivity contribution in [2.24, 2.45) is 0 Å². The summed E-state index contributed by atoms with van der Waals surface area (Å²) in [6.07, 6.45) is 2.32. The van der Waals surface area contributed by atoms with Gasteiger partial charge in [-0.25, -0.2) is 4.98 Å². The fraction of sp³-hybridized carbons (Fsp3) is 0.440. The molecule has 3 heterocycles. The number of nitrogens with one attached hydrogen (secondary N) is 1. The molecule has 1 aromatic carbocycles. The second-order valence-electron chi connectivity index (χ2n) is 9.01. The molecule has 1 aliphatic heterocycles. The zero-order chi connectivity index (χ0) is 23.0. The first-order valence-corrected chi connectivity index (χ1v) is 12.3. The molecule has 2 aromatic heterocycles. The van der Waals surface area contributed by atoms with Crippen molar-refractivity contribution >= 4 is 11.3 Å². The highest BCUT2D eigenvalue weighted by molar-refractivity contribution is 7.15. The van der Waals surface area contributed by atoms with Crippen molar-refractivity contribution in [3.8, 4) is 10.4 Å². The van der Waals surface area contributed by atoms with Gasteiger partial charge in [-0.2, -0.15) is 13.2 Å². The fourth-order valence-electron chi connectivity index (χ4n) is 4.87. The lowest BCUT2D eigenvalue weighted by Crippen LogP contribution is -2.36. The summed E-state index contributed by atoms with van der Waals surface area (Å²) in [7, 11) is 0. The lowest BCUT2D eigenvalue weighted by atomic mass is 9.88. The molecule has 4 nitrogen and oxygen atoms in total. The predicted molar refractivity (Wildman–Crippen MR) is 123 cm³/mol. The van der Waals surface area contributed by atoms with Crippen LogP contribution in [0.3, 0.4) is 0 Å². The van der Waals surface area contributed by atoms with E-state index in [1.807, 2.05) is 12.1 Å². The van der Waals surface area contributed by atoms with E-state index in [9.17, 15) is 18.0 Å². The van der Waals surface area contributed by atoms with Crippen LogP contribution in [-0.4, -0.2) is 21.4 Å². The van der Waals surface area contributed by atoms with E-state index in [2.05, 4.69) is 9.88 Å². The molecular weight excluding hydrogens is 447 g/mol. The molecule has 0 bridgehead atoms. The molecule has 0 spiro atoms. The van der Waals surface area contributed by atoms with Gasteiger partial charge in [-0.3, -0.25) is 9.69 Å². The first kappa shape index (κ1) is 22.3. The van der Waals surface area contributed by atoms with E-state index in [-0.39, 0.29) is 5.56 Å². The van der Waals surface area contributed by atoms with Crippen molar-refractivity contribution in [2.45, 2.75) is 63.7 Å². The van der Waals surface area contributed by atoms with Crippen LogP contribution >= 0.6 is 11.3 Å². The second-order valence-corrected chi connectivity index (χ2v) is 10.2. The van der Waals surface area contributed by atoms with Gasteiger partial charge in [0, 0.05) is 41.7 Å². The van der Waals surface area contributed by atoms with E-state index >= 15 is 0 Å². The van der Waals surface area contributed by atoms with Crippen LogP contribution in [0.2, 0.25) is 0 Å². The number of hydrogen-bond acceptors (Lipinski definition) is 4. The maximum atomic E-state index is 12.8. The van der Waals surface area contributed by atoms with Gasteiger partial charge in [-0.15, -0.1) is 11.3 Å². The number of nitrogens with zero attached hydrogens (tertiary/aromatic N) is 2. The Morgan fingerprint density at radius 1 is 1.06 bits per heavy atom. The molecule has 33 heavy (non-hydrogen) atoms. The van der Waals surface area contributed by atoms with Crippen LogP contribution < -0.4 is 5.56 Å². The van der Waals surface area contributed by atoms with Gasteiger partial charge in [0.25, 0.3) is 5.56 Å². The van der Waals surface area contributed by atoms with Crippen LogP contribution in [0.1, 0.15) is 65.5 Å². The molecule has 0 saturated heterocycles. The molecule has 1 N–H and O–H groups in total. The number of rotatable bonds is 4. The minimum absolute atomic E-state index is 0.0121. The third-order valence-corrected chi connectivity index (χ3v) is 7.81. The van der Waals surface area contributed by atoms with Crippen molar-refractivity contribution in [3.05, 3.63) is 74.3 Å². The number of benzene rings is 1. The lowest BCUT2D eigenvalue weighted by molar-refractivity contribution is -0.137. The Morgan fingerprint density at radius 2 is 1.82 bits per heavy atom. The van der Waals surface area contributed by atoms with Gasteiger partial charge in [-0.1, -0.05) is 31.4 Å². The van der Waals surface area contributed by atoms with Gasteiger partial charge in [0.05, 0.1) is 16.8 Å². The molecule has 0 unspecified atom stereocenters. The van der Waals surface area contributed by atoms with Gasteiger partial charge >= 0.3 is 6.18 Å². The summed E-state index contributed by atoms with van der Waals surface area (Å²) in [4.78, 5) is 25.0. The highest BCUT2D eigenvalue weighted by atomic mass is 32.1. The van der Waals surface area contributed by atoms with Gasteiger partial charge in [0.15, 0.2) is 0 Å². The summed E-state index contributed by atoms with van der Waals surface area (Å²) in [5.74, 6) is 1.25. The number of aromatic amines is 1. The highest BCUT2D eigenvalue weighted by Gasteiger charge is 2.30. The fourth-order valence-corrected chi connectivity index (χ4v) is 5.92. The number of alkyl halides is 3. The minimum Gasteiger partial charge on any atom is -0.310 e. The highest BCUT2D eigenvalue weighted by Crippen LogP contribution is 2.34. The zero-order valence-electron chi connectivity index (χ0n) is 18.3. The first-order chi connectivity index (χ1) is 15.9. The Bertz CT molecular complexity index is 1180. The molecule has 8 heteroatoms. The van der Waals surface area contributed by atoms with Crippen molar-refractivity contribution in [2.75, 3.05) is 6.54 Å². The summed E-state index contributed by atoms with van der Waals surface area (Å²) in [5.41, 5.74) is 1.83. The number of thiophene rings is 1. The third-order valence-electron chi connectivity index (χ3n) is 6.70. The molecule has 0 radical (unpaired) electrons. The monoisotopic (exact) mass is 473 g/mol. The average Bonchev–Trinajstić information content (AvgIpc) is 3.28. The summed E-state index contributed by atoms with van der Waals surface area (Å²) in [6, 6.07) is 9.25. The molecule has 0 atom stereocenters. The SMILES string of the molecule is O=c1[nH]c(C2CCCCC2)nc2c1CN(Cc1ccc(-c3ccc(C(F)(F)F)cc3)s1)CC2. The standard InChI is InChI=1S/C25H26F3N3OS/c26-25(27,28)18-8-6-16(7-9-18)22-11-10-19(33-22)14-31-13-12-21-20(15-31)24(32)30-23(29-21)17-4-2-1-3-5-17/h6-11,17H,1-5,12-15H2,(H,29,30,32). The number of fused-ring (bicyclic) bond motifs is 1. The zero-order valence-corrected chi connectivity index (χ0v) is 19.1. The number of H-pyrrole nitrogens is 1. The molecule has 1 saturated carbocycles. The Labute approximate surface area is 194 Å². The van der Waals surface area contributed by atoms with Gasteiger partial charge < -0.3 is 4.98 Å². The van der Waals surface area contributed by atoms with E-state index in [0.29, 0.717) is 19.0 Å². The number of aromatic nitrogens is 2. The number of hydrogen-bond donors (Lipinski definition) is 1. The topological polar surface area (TPSA) is 49.0 Å². The molecule has 2 aliphatic rings. The Morgan fingerprint density at radius 3 is 2.55 bits per heavy atom. The van der Waals surface area contributed by atoms with E-state index in [4.69, 9.17) is 4.98 Å². The van der Waals surface area contributed by atoms with E-state index < -0.39 is 11.7 Å². The minimum atomic E-state index is -4.33. The summed E-state index contributed by atoms with van der Waals surface area (Å²) < 4.78 is 38.4. The molecule has 0 amide bonds. The van der Waals surface area contributed by atoms with E-state index in [1.165, 1.54) is 31.4 Å². The van der Waals surface area contributed by atoms with Gasteiger partial charge in [0.1, 0.15) is 5.82 Å². The Balaban J connectivity index is 1.27. The molecule has 3 aromatic rings. The normalized spacial score (nSPS) is 17.8. The quantitative estimate of drug-likeness (QED) is 0.496. The first-order valence-electron chi connectivity index (χ1n) is 11.5. The van der Waals surface area contributed by atoms with Crippen LogP contribution in [0.5, 0.6) is 0 Å². The Kier molecular flexibility index (Phi) is 6.14. The summed E-state index contributed by atoms with van der Waals surface area (Å²) >= 11 is 1.58. The van der Waals surface area contributed by atoms with Crippen LogP contribution in [0.25, 0.3) is 10.4 Å². The molecular formula is C25H26F3N3OS. The van der Waals surface area contributed by atoms with E-state index in [0.717, 1.165) is 70.3 Å². The smallest absolute Gasteiger partial charge is 0.310 e. The third kappa shape index (κ3) is 4.92. The average molecular weight is 474 g/mol. The summed E-state index contributed by atoms with van der Waals surface area (Å²) in [6.45, 7) is 2.10. The van der Waals surface area contributed by atoms with Gasteiger partial charge in [-0.05, 0) is 42.7 Å². The van der Waals surface area contributed by atoms with Crippen molar-refractivity contribution in [3.63, 3.8) is 0 Å². The molecule has 1 aliphatic carbocycles. The molecule has 5 rings (SSSR count). The van der Waals surface area contributed by atoms with Crippen molar-refractivity contribution < 1.29 is 13.2 Å². The lowest BCUT2D eigenvalue weighted by Gasteiger charge is -2.28. The van der Waals surface area contributed by atoms with E-state index in [1.54, 1.807) is 11.3 Å². The second kappa shape index (κ2) is 9.06. The van der Waals surface area contributed by atoms with Crippen molar-refractivity contribution in [1.82, 2.24) is 14.9 Å².